The zero-order valence-corrected chi connectivity index (χ0v) is 8.86. The maximum Gasteiger partial charge on any atom is 0.269 e. The van der Waals surface area contributed by atoms with Gasteiger partial charge in [0.05, 0.1) is 4.92 Å². The lowest BCUT2D eigenvalue weighted by Gasteiger charge is -2.16. The molecule has 0 heterocycles. The Hall–Kier alpha value is -1.82. The minimum absolute atomic E-state index is 0.109. The van der Waals surface area contributed by atoms with Crippen LogP contribution in [0.4, 0.5) is 5.69 Å². The summed E-state index contributed by atoms with van der Waals surface area (Å²) in [5, 5.41) is 10.4. The molecule has 0 radical (unpaired) electrons. The van der Waals surface area contributed by atoms with Crippen LogP contribution in [-0.2, 0) is 6.42 Å². The average molecular weight is 203 g/mol. The van der Waals surface area contributed by atoms with Crippen molar-refractivity contribution in [3.8, 4) is 12.3 Å². The van der Waals surface area contributed by atoms with E-state index in [2.05, 4.69) is 5.92 Å². The fraction of sp³-hybridized carbons (Fsp3) is 0.333. The lowest BCUT2D eigenvalue weighted by molar-refractivity contribution is -0.384. The number of nitrogens with zero attached hydrogens (tertiary/aromatic N) is 1. The minimum Gasteiger partial charge on any atom is -0.258 e. The summed E-state index contributed by atoms with van der Waals surface area (Å²) in [7, 11) is 0. The van der Waals surface area contributed by atoms with Gasteiger partial charge in [-0.2, -0.15) is 0 Å². The van der Waals surface area contributed by atoms with Crippen LogP contribution in [0.25, 0.3) is 0 Å². The van der Waals surface area contributed by atoms with Gasteiger partial charge >= 0.3 is 0 Å². The van der Waals surface area contributed by atoms with Gasteiger partial charge < -0.3 is 0 Å². The number of terminal acetylenes is 1. The Labute approximate surface area is 89.3 Å². The van der Waals surface area contributed by atoms with E-state index >= 15 is 0 Å². The van der Waals surface area contributed by atoms with E-state index < -0.39 is 4.92 Å². The second-order valence-corrected chi connectivity index (χ2v) is 4.13. The fourth-order valence-corrected chi connectivity index (χ4v) is 1.30. The first-order valence-electron chi connectivity index (χ1n) is 4.66. The smallest absolute Gasteiger partial charge is 0.258 e. The highest BCUT2D eigenvalue weighted by Crippen LogP contribution is 2.22. The first-order valence-corrected chi connectivity index (χ1v) is 4.66. The molecule has 0 spiro atoms. The van der Waals surface area contributed by atoms with E-state index in [1.165, 1.54) is 12.1 Å². The molecule has 3 heteroatoms. The molecule has 15 heavy (non-hydrogen) atoms. The van der Waals surface area contributed by atoms with Gasteiger partial charge in [0, 0.05) is 17.5 Å². The summed E-state index contributed by atoms with van der Waals surface area (Å²) in [6.45, 7) is 3.93. The lowest BCUT2D eigenvalue weighted by Crippen LogP contribution is -2.11. The van der Waals surface area contributed by atoms with Crippen molar-refractivity contribution in [1.29, 1.82) is 0 Å². The molecule has 0 aliphatic heterocycles. The molecular weight excluding hydrogens is 190 g/mol. The number of hydrogen-bond acceptors (Lipinski definition) is 2. The lowest BCUT2D eigenvalue weighted by atomic mass is 9.87. The Kier molecular flexibility index (Phi) is 3.11. The number of hydrogen-bond donors (Lipinski definition) is 0. The average Bonchev–Trinajstić information content (AvgIpc) is 2.18. The Morgan fingerprint density at radius 2 is 1.93 bits per heavy atom. The van der Waals surface area contributed by atoms with Crippen LogP contribution in [0.1, 0.15) is 19.4 Å². The first-order chi connectivity index (χ1) is 6.94. The third kappa shape index (κ3) is 3.10. The third-order valence-electron chi connectivity index (χ3n) is 2.18. The molecule has 0 aromatic heterocycles. The van der Waals surface area contributed by atoms with Crippen molar-refractivity contribution in [2.75, 3.05) is 0 Å². The predicted octanol–water partition coefficient (Wildman–Crippen LogP) is 2.80. The van der Waals surface area contributed by atoms with E-state index in [0.29, 0.717) is 0 Å². The molecule has 0 aliphatic rings. The molecule has 0 saturated heterocycles. The summed E-state index contributed by atoms with van der Waals surface area (Å²) >= 11 is 0. The van der Waals surface area contributed by atoms with Gasteiger partial charge in [-0.05, 0) is 25.8 Å². The molecule has 1 aromatic rings. The van der Waals surface area contributed by atoms with Crippen LogP contribution in [-0.4, -0.2) is 4.92 Å². The highest BCUT2D eigenvalue weighted by Gasteiger charge is 2.15. The monoisotopic (exact) mass is 203 g/mol. The number of rotatable bonds is 3. The van der Waals surface area contributed by atoms with Crippen LogP contribution in [0, 0.1) is 27.9 Å². The van der Waals surface area contributed by atoms with Crippen molar-refractivity contribution in [3.63, 3.8) is 0 Å². The van der Waals surface area contributed by atoms with E-state index in [1.807, 2.05) is 13.8 Å². The van der Waals surface area contributed by atoms with Crippen molar-refractivity contribution in [1.82, 2.24) is 0 Å². The van der Waals surface area contributed by atoms with Crippen molar-refractivity contribution in [2.45, 2.75) is 20.3 Å². The zero-order chi connectivity index (χ0) is 11.5. The van der Waals surface area contributed by atoms with Gasteiger partial charge in [0.25, 0.3) is 5.69 Å². The molecule has 0 saturated carbocycles. The molecule has 78 valence electrons. The van der Waals surface area contributed by atoms with Gasteiger partial charge in [0.2, 0.25) is 0 Å². The van der Waals surface area contributed by atoms with Gasteiger partial charge in [-0.3, -0.25) is 10.1 Å². The number of benzene rings is 1. The van der Waals surface area contributed by atoms with Crippen LogP contribution in [0.5, 0.6) is 0 Å². The molecule has 0 aliphatic carbocycles. The van der Waals surface area contributed by atoms with Crippen LogP contribution < -0.4 is 0 Å². The summed E-state index contributed by atoms with van der Waals surface area (Å²) in [4.78, 5) is 10.0. The predicted molar refractivity (Wildman–Crippen MR) is 59.4 cm³/mol. The second kappa shape index (κ2) is 4.14. The second-order valence-electron chi connectivity index (χ2n) is 4.13. The molecule has 0 bridgehead atoms. The minimum atomic E-state index is -0.407. The highest BCUT2D eigenvalue weighted by molar-refractivity contribution is 5.33. The highest BCUT2D eigenvalue weighted by atomic mass is 16.6. The largest absolute Gasteiger partial charge is 0.269 e. The molecule has 1 rings (SSSR count). The van der Waals surface area contributed by atoms with Gasteiger partial charge in [-0.25, -0.2) is 0 Å². The topological polar surface area (TPSA) is 43.1 Å². The number of non-ortho nitro benzene ring substituents is 1. The summed E-state index contributed by atoms with van der Waals surface area (Å²) in [6, 6.07) is 6.50. The summed E-state index contributed by atoms with van der Waals surface area (Å²) in [6.07, 6.45) is 6.10. The standard InChI is InChI=1S/C12H13NO2/c1-4-12(2,3)9-10-5-7-11(8-6-10)13(14)15/h1,5-8H,9H2,2-3H3. The van der Waals surface area contributed by atoms with Crippen LogP contribution >= 0.6 is 0 Å². The molecule has 0 unspecified atom stereocenters. The first kappa shape index (κ1) is 11.3. The van der Waals surface area contributed by atoms with Crippen LogP contribution in [0.15, 0.2) is 24.3 Å². The van der Waals surface area contributed by atoms with E-state index in [-0.39, 0.29) is 11.1 Å². The normalized spacial score (nSPS) is 10.7. The summed E-state index contributed by atoms with van der Waals surface area (Å²) < 4.78 is 0. The van der Waals surface area contributed by atoms with E-state index in [1.54, 1.807) is 12.1 Å². The van der Waals surface area contributed by atoms with Crippen molar-refractivity contribution in [2.24, 2.45) is 5.41 Å². The van der Waals surface area contributed by atoms with Crippen molar-refractivity contribution in [3.05, 3.63) is 39.9 Å². The SMILES string of the molecule is C#CC(C)(C)Cc1ccc([N+](=O)[O-])cc1. The Bertz CT molecular complexity index is 399. The fourth-order valence-electron chi connectivity index (χ4n) is 1.30. The number of nitro groups is 1. The molecule has 0 N–H and O–H groups in total. The van der Waals surface area contributed by atoms with Gasteiger partial charge in [-0.15, -0.1) is 12.3 Å². The van der Waals surface area contributed by atoms with E-state index in [9.17, 15) is 10.1 Å². The Morgan fingerprint density at radius 1 is 1.40 bits per heavy atom. The quantitative estimate of drug-likeness (QED) is 0.430. The Morgan fingerprint density at radius 3 is 2.33 bits per heavy atom. The molecule has 0 amide bonds. The molecule has 1 aromatic carbocycles. The van der Waals surface area contributed by atoms with Crippen molar-refractivity contribution < 1.29 is 4.92 Å². The molecule has 3 nitrogen and oxygen atoms in total. The van der Waals surface area contributed by atoms with E-state index in [0.717, 1.165) is 12.0 Å². The van der Waals surface area contributed by atoms with Gasteiger partial charge in [0.1, 0.15) is 0 Å². The Balaban J connectivity index is 2.83. The molecular formula is C12H13NO2. The van der Waals surface area contributed by atoms with Gasteiger partial charge in [0.15, 0.2) is 0 Å². The van der Waals surface area contributed by atoms with Crippen molar-refractivity contribution >= 4 is 5.69 Å². The van der Waals surface area contributed by atoms with Crippen LogP contribution in [0.2, 0.25) is 0 Å². The number of nitro benzene ring substituents is 1. The van der Waals surface area contributed by atoms with Gasteiger partial charge in [-0.1, -0.05) is 12.1 Å². The van der Waals surface area contributed by atoms with E-state index in [4.69, 9.17) is 6.42 Å². The third-order valence-corrected chi connectivity index (χ3v) is 2.18. The molecule has 0 atom stereocenters. The zero-order valence-electron chi connectivity index (χ0n) is 8.86. The van der Waals surface area contributed by atoms with Crippen LogP contribution in [0.3, 0.4) is 0 Å². The molecule has 0 fully saturated rings. The summed E-state index contributed by atoms with van der Waals surface area (Å²) in [5.74, 6) is 2.69. The summed E-state index contributed by atoms with van der Waals surface area (Å²) in [5.41, 5.74) is 0.914. The maximum atomic E-state index is 10.4. The maximum absolute atomic E-state index is 10.4.